The SMILES string of the molecule is CN(CCS(C)(=O)=O)c1ncc(CO)s1. The van der Waals surface area contributed by atoms with Crippen molar-refractivity contribution in [1.82, 2.24) is 4.98 Å². The van der Waals surface area contributed by atoms with Crippen molar-refractivity contribution in [2.75, 3.05) is 30.5 Å². The van der Waals surface area contributed by atoms with Gasteiger partial charge in [0.15, 0.2) is 5.13 Å². The van der Waals surface area contributed by atoms with Crippen molar-refractivity contribution in [1.29, 1.82) is 0 Å². The van der Waals surface area contributed by atoms with Gasteiger partial charge in [-0.15, -0.1) is 0 Å². The average molecular weight is 250 g/mol. The summed E-state index contributed by atoms with van der Waals surface area (Å²) in [7, 11) is -1.16. The number of nitrogens with zero attached hydrogens (tertiary/aromatic N) is 2. The van der Waals surface area contributed by atoms with Gasteiger partial charge in [0.25, 0.3) is 0 Å². The Kier molecular flexibility index (Phi) is 4.06. The molecule has 1 aromatic heterocycles. The third kappa shape index (κ3) is 4.15. The highest BCUT2D eigenvalue weighted by molar-refractivity contribution is 7.90. The van der Waals surface area contributed by atoms with Gasteiger partial charge in [0.1, 0.15) is 9.84 Å². The number of aliphatic hydroxyl groups is 1. The number of hydrogen-bond acceptors (Lipinski definition) is 6. The molecule has 15 heavy (non-hydrogen) atoms. The molecular formula is C8H14N2O3S2. The molecule has 0 bridgehead atoms. The number of sulfone groups is 1. The highest BCUT2D eigenvalue weighted by Gasteiger charge is 2.09. The van der Waals surface area contributed by atoms with Crippen LogP contribution >= 0.6 is 11.3 Å². The molecular weight excluding hydrogens is 236 g/mol. The van der Waals surface area contributed by atoms with E-state index in [2.05, 4.69) is 4.98 Å². The number of rotatable bonds is 5. The Labute approximate surface area is 93.3 Å². The van der Waals surface area contributed by atoms with Gasteiger partial charge in [-0.25, -0.2) is 13.4 Å². The van der Waals surface area contributed by atoms with E-state index in [0.717, 1.165) is 10.0 Å². The van der Waals surface area contributed by atoms with Crippen molar-refractivity contribution in [3.63, 3.8) is 0 Å². The minimum absolute atomic E-state index is 0.0302. The molecule has 0 aliphatic carbocycles. The van der Waals surface area contributed by atoms with Crippen molar-refractivity contribution in [2.24, 2.45) is 0 Å². The highest BCUT2D eigenvalue weighted by Crippen LogP contribution is 2.20. The van der Waals surface area contributed by atoms with E-state index in [1.54, 1.807) is 18.1 Å². The highest BCUT2D eigenvalue weighted by atomic mass is 32.2. The van der Waals surface area contributed by atoms with Gasteiger partial charge in [0.2, 0.25) is 0 Å². The van der Waals surface area contributed by atoms with Crippen LogP contribution in [0.15, 0.2) is 6.20 Å². The molecule has 0 saturated heterocycles. The molecule has 86 valence electrons. The van der Waals surface area contributed by atoms with Crippen LogP contribution < -0.4 is 4.90 Å². The standard InChI is InChI=1S/C8H14N2O3S2/c1-10(3-4-15(2,12)13)8-9-5-7(6-11)14-8/h5,11H,3-4,6H2,1-2H3. The third-order valence-corrected chi connectivity index (χ3v) is 3.84. The second-order valence-electron chi connectivity index (χ2n) is 3.32. The monoisotopic (exact) mass is 250 g/mol. The molecule has 0 aliphatic rings. The quantitative estimate of drug-likeness (QED) is 0.803. The summed E-state index contributed by atoms with van der Waals surface area (Å²) in [6, 6.07) is 0. The predicted octanol–water partition coefficient (Wildman–Crippen LogP) is 0.116. The van der Waals surface area contributed by atoms with E-state index < -0.39 is 9.84 Å². The third-order valence-electron chi connectivity index (χ3n) is 1.82. The number of aliphatic hydroxyl groups excluding tert-OH is 1. The van der Waals surface area contributed by atoms with E-state index in [4.69, 9.17) is 5.11 Å². The largest absolute Gasteiger partial charge is 0.391 e. The molecule has 0 radical (unpaired) electrons. The topological polar surface area (TPSA) is 70.5 Å². The summed E-state index contributed by atoms with van der Waals surface area (Å²) < 4.78 is 21.9. The van der Waals surface area contributed by atoms with E-state index >= 15 is 0 Å². The van der Waals surface area contributed by atoms with Gasteiger partial charge in [-0.1, -0.05) is 11.3 Å². The van der Waals surface area contributed by atoms with Crippen LogP contribution in [-0.2, 0) is 16.4 Å². The molecule has 7 heteroatoms. The van der Waals surface area contributed by atoms with Crippen LogP contribution in [0.25, 0.3) is 0 Å². The summed E-state index contributed by atoms with van der Waals surface area (Å²) in [6.07, 6.45) is 2.80. The van der Waals surface area contributed by atoms with Gasteiger partial charge in [0.05, 0.1) is 17.2 Å². The van der Waals surface area contributed by atoms with E-state index in [9.17, 15) is 8.42 Å². The van der Waals surface area contributed by atoms with Crippen LogP contribution in [0.1, 0.15) is 4.88 Å². The lowest BCUT2D eigenvalue weighted by Gasteiger charge is -2.14. The number of hydrogen-bond donors (Lipinski definition) is 1. The van der Waals surface area contributed by atoms with E-state index in [1.165, 1.54) is 17.6 Å². The Morgan fingerprint density at radius 2 is 2.27 bits per heavy atom. The Hall–Kier alpha value is -0.660. The van der Waals surface area contributed by atoms with Crippen molar-refractivity contribution >= 4 is 26.3 Å². The molecule has 0 atom stereocenters. The van der Waals surface area contributed by atoms with Crippen LogP contribution in [0.3, 0.4) is 0 Å². The summed E-state index contributed by atoms with van der Waals surface area (Å²) >= 11 is 1.36. The minimum atomic E-state index is -2.94. The maximum absolute atomic E-state index is 10.9. The lowest BCUT2D eigenvalue weighted by atomic mass is 10.6. The van der Waals surface area contributed by atoms with Crippen LogP contribution in [0, 0.1) is 0 Å². The number of anilines is 1. The molecule has 5 nitrogen and oxygen atoms in total. The summed E-state index contributed by atoms with van der Waals surface area (Å²) in [4.78, 5) is 6.62. The molecule has 0 aromatic carbocycles. The lowest BCUT2D eigenvalue weighted by molar-refractivity contribution is 0.285. The molecule has 1 N–H and O–H groups in total. The van der Waals surface area contributed by atoms with Gasteiger partial charge < -0.3 is 10.0 Å². The van der Waals surface area contributed by atoms with E-state index in [0.29, 0.717) is 6.54 Å². The van der Waals surface area contributed by atoms with E-state index in [-0.39, 0.29) is 12.4 Å². The van der Waals surface area contributed by atoms with Gasteiger partial charge in [-0.3, -0.25) is 0 Å². The van der Waals surface area contributed by atoms with Crippen molar-refractivity contribution in [3.05, 3.63) is 11.1 Å². The van der Waals surface area contributed by atoms with E-state index in [1.807, 2.05) is 0 Å². The van der Waals surface area contributed by atoms with Crippen LogP contribution in [0.5, 0.6) is 0 Å². The Morgan fingerprint density at radius 3 is 2.73 bits per heavy atom. The molecule has 0 saturated carbocycles. The van der Waals surface area contributed by atoms with Crippen LogP contribution in [0.2, 0.25) is 0 Å². The van der Waals surface area contributed by atoms with Crippen LogP contribution in [-0.4, -0.2) is 44.1 Å². The molecule has 1 rings (SSSR count). The summed E-state index contributed by atoms with van der Waals surface area (Å²) in [5.41, 5.74) is 0. The molecule has 0 unspecified atom stereocenters. The predicted molar refractivity (Wildman–Crippen MR) is 61.0 cm³/mol. The zero-order valence-corrected chi connectivity index (χ0v) is 10.3. The fourth-order valence-electron chi connectivity index (χ4n) is 0.945. The maximum atomic E-state index is 10.9. The fourth-order valence-corrected chi connectivity index (χ4v) is 2.31. The molecule has 0 fully saturated rings. The van der Waals surface area contributed by atoms with Crippen molar-refractivity contribution in [3.8, 4) is 0 Å². The zero-order valence-electron chi connectivity index (χ0n) is 8.67. The lowest BCUT2D eigenvalue weighted by Crippen LogP contribution is -2.24. The minimum Gasteiger partial charge on any atom is -0.391 e. The Bertz CT molecular complexity index is 413. The Morgan fingerprint density at radius 1 is 1.60 bits per heavy atom. The smallest absolute Gasteiger partial charge is 0.185 e. The van der Waals surface area contributed by atoms with Crippen molar-refractivity contribution in [2.45, 2.75) is 6.61 Å². The first-order valence-electron chi connectivity index (χ1n) is 4.37. The molecule has 1 heterocycles. The summed E-state index contributed by atoms with van der Waals surface area (Å²) in [5.74, 6) is 0.109. The Balaban J connectivity index is 2.57. The van der Waals surface area contributed by atoms with Gasteiger partial charge in [0, 0.05) is 26.0 Å². The molecule has 1 aromatic rings. The first-order chi connectivity index (χ1) is 6.92. The van der Waals surface area contributed by atoms with Gasteiger partial charge >= 0.3 is 0 Å². The molecule has 0 amide bonds. The van der Waals surface area contributed by atoms with Gasteiger partial charge in [-0.05, 0) is 0 Å². The summed E-state index contributed by atoms with van der Waals surface area (Å²) in [6.45, 7) is 0.384. The second-order valence-corrected chi connectivity index (χ2v) is 6.67. The van der Waals surface area contributed by atoms with Crippen LogP contribution in [0.4, 0.5) is 5.13 Å². The van der Waals surface area contributed by atoms with Gasteiger partial charge in [-0.2, -0.15) is 0 Å². The normalized spacial score (nSPS) is 11.7. The second kappa shape index (κ2) is 4.91. The fraction of sp³-hybridized carbons (Fsp3) is 0.625. The van der Waals surface area contributed by atoms with Crippen molar-refractivity contribution < 1.29 is 13.5 Å². The molecule has 0 spiro atoms. The summed E-state index contributed by atoms with van der Waals surface area (Å²) in [5, 5.41) is 9.57. The zero-order chi connectivity index (χ0) is 11.5. The number of thiazole rings is 1. The maximum Gasteiger partial charge on any atom is 0.185 e. The average Bonchev–Trinajstić information content (AvgIpc) is 2.61. The first kappa shape index (κ1) is 12.4. The first-order valence-corrected chi connectivity index (χ1v) is 7.24. The molecule has 0 aliphatic heterocycles. The number of aromatic nitrogens is 1.